The first-order valence-electron chi connectivity index (χ1n) is 10.1. The Hall–Kier alpha value is -3.04. The van der Waals surface area contributed by atoms with E-state index in [1.54, 1.807) is 35.7 Å². The average Bonchev–Trinajstić information content (AvgIpc) is 3.12. The fourth-order valence-electron chi connectivity index (χ4n) is 3.52. The van der Waals surface area contributed by atoms with Crippen LogP contribution in [0.4, 0.5) is 4.39 Å². The third kappa shape index (κ3) is 3.08. The zero-order chi connectivity index (χ0) is 20.9. The van der Waals surface area contributed by atoms with Gasteiger partial charge in [-0.3, -0.25) is 4.98 Å². The molecule has 0 radical (unpaired) electrons. The lowest BCUT2D eigenvalue weighted by atomic mass is 10.0. The second-order valence-corrected chi connectivity index (χ2v) is 7.90. The molecule has 0 saturated heterocycles. The number of benzene rings is 3. The number of nitrogens with zero attached hydrogens (tertiary/aromatic N) is 1. The quantitative estimate of drug-likeness (QED) is 0.321. The first kappa shape index (κ1) is 14.9. The van der Waals surface area contributed by atoms with Gasteiger partial charge in [-0.25, -0.2) is 4.39 Å². The molecule has 0 bridgehead atoms. The smallest absolute Gasteiger partial charge is 0.123 e. The van der Waals surface area contributed by atoms with Gasteiger partial charge in [0, 0.05) is 34.7 Å². The Labute approximate surface area is 169 Å². The van der Waals surface area contributed by atoms with Crippen LogP contribution in [0.5, 0.6) is 0 Å². The molecular formula is C25H18FNS. The van der Waals surface area contributed by atoms with E-state index in [2.05, 4.69) is 4.98 Å². The van der Waals surface area contributed by atoms with Crippen LogP contribution in [0.1, 0.15) is 19.4 Å². The van der Waals surface area contributed by atoms with E-state index < -0.39 is 6.37 Å². The van der Waals surface area contributed by atoms with Crippen molar-refractivity contribution in [2.24, 2.45) is 0 Å². The van der Waals surface area contributed by atoms with Gasteiger partial charge in [-0.15, -0.1) is 11.3 Å². The van der Waals surface area contributed by atoms with Gasteiger partial charge in [0.05, 0.1) is 5.69 Å². The predicted octanol–water partition coefficient (Wildman–Crippen LogP) is 7.15. The third-order valence-corrected chi connectivity index (χ3v) is 6.02. The number of hydrogen-bond donors (Lipinski definition) is 0. The fraction of sp³-hybridized carbons (Fsp3) is 0.0800. The largest absolute Gasteiger partial charge is 0.256 e. The molecule has 28 heavy (non-hydrogen) atoms. The number of thiophene rings is 1. The lowest BCUT2D eigenvalue weighted by Crippen LogP contribution is -1.91. The van der Waals surface area contributed by atoms with E-state index in [9.17, 15) is 4.39 Å². The average molecular weight is 386 g/mol. The molecule has 0 unspecified atom stereocenters. The number of hydrogen-bond acceptors (Lipinski definition) is 2. The van der Waals surface area contributed by atoms with E-state index in [1.165, 1.54) is 6.07 Å². The van der Waals surface area contributed by atoms with Crippen molar-refractivity contribution in [1.29, 1.82) is 0 Å². The highest BCUT2D eigenvalue weighted by molar-refractivity contribution is 7.26. The van der Waals surface area contributed by atoms with Gasteiger partial charge in [-0.1, -0.05) is 48.0 Å². The van der Waals surface area contributed by atoms with Gasteiger partial charge in [0.25, 0.3) is 0 Å². The Morgan fingerprint density at radius 2 is 1.79 bits per heavy atom. The summed E-state index contributed by atoms with van der Waals surface area (Å²) >= 11 is 1.60. The lowest BCUT2D eigenvalue weighted by Gasteiger charge is -2.07. The summed E-state index contributed by atoms with van der Waals surface area (Å²) in [6.45, 7) is 1.96. The van der Waals surface area contributed by atoms with Gasteiger partial charge in [-0.2, -0.15) is 0 Å². The topological polar surface area (TPSA) is 12.9 Å². The van der Waals surface area contributed by atoms with Crippen molar-refractivity contribution < 1.29 is 7.13 Å². The monoisotopic (exact) mass is 385 g/mol. The minimum atomic E-state index is -1.64. The number of pyridine rings is 1. The highest BCUT2D eigenvalue weighted by atomic mass is 32.1. The summed E-state index contributed by atoms with van der Waals surface area (Å²) < 4.78 is 33.3. The van der Waals surface area contributed by atoms with Crippen molar-refractivity contribution in [3.05, 3.63) is 102 Å². The Morgan fingerprint density at radius 3 is 2.68 bits per heavy atom. The zero-order valence-corrected chi connectivity index (χ0v) is 16.1. The minimum Gasteiger partial charge on any atom is -0.256 e. The SMILES string of the molecule is [2H]C([2H])(c1cccc(C)c1)c1ccnc(-c2cccc3c2sc2ccc(F)cc23)c1. The van der Waals surface area contributed by atoms with Gasteiger partial charge >= 0.3 is 0 Å². The maximum absolute atomic E-state index is 13.8. The van der Waals surface area contributed by atoms with Crippen molar-refractivity contribution in [1.82, 2.24) is 4.98 Å². The maximum atomic E-state index is 13.8. The molecule has 0 spiro atoms. The van der Waals surface area contributed by atoms with E-state index in [1.807, 2.05) is 55.5 Å². The molecule has 136 valence electrons. The van der Waals surface area contributed by atoms with Crippen LogP contribution in [0.3, 0.4) is 0 Å². The summed E-state index contributed by atoms with van der Waals surface area (Å²) in [5.74, 6) is -0.251. The molecular weight excluding hydrogens is 365 g/mol. The van der Waals surface area contributed by atoms with Crippen LogP contribution < -0.4 is 0 Å². The van der Waals surface area contributed by atoms with Crippen LogP contribution in [-0.2, 0) is 6.37 Å². The van der Waals surface area contributed by atoms with Gasteiger partial charge in [0.15, 0.2) is 0 Å². The molecule has 0 fully saturated rings. The Morgan fingerprint density at radius 1 is 0.929 bits per heavy atom. The summed E-state index contributed by atoms with van der Waals surface area (Å²) in [4.78, 5) is 4.54. The molecule has 3 aromatic carbocycles. The molecule has 0 atom stereocenters. The Kier molecular flexibility index (Phi) is 3.65. The molecule has 0 aliphatic rings. The number of halogens is 1. The molecule has 3 heteroatoms. The molecule has 5 aromatic rings. The highest BCUT2D eigenvalue weighted by Crippen LogP contribution is 2.39. The maximum Gasteiger partial charge on any atom is 0.123 e. The second-order valence-electron chi connectivity index (χ2n) is 6.85. The minimum absolute atomic E-state index is 0.251. The van der Waals surface area contributed by atoms with Gasteiger partial charge in [0.1, 0.15) is 5.82 Å². The highest BCUT2D eigenvalue weighted by Gasteiger charge is 2.12. The van der Waals surface area contributed by atoms with E-state index in [-0.39, 0.29) is 5.82 Å². The van der Waals surface area contributed by atoms with Gasteiger partial charge < -0.3 is 0 Å². The molecule has 0 saturated carbocycles. The molecule has 0 amide bonds. The first-order valence-corrected chi connectivity index (χ1v) is 9.90. The van der Waals surface area contributed by atoms with E-state index >= 15 is 0 Å². The first-order chi connectivity index (χ1) is 14.4. The van der Waals surface area contributed by atoms with Gasteiger partial charge in [0.2, 0.25) is 0 Å². The van der Waals surface area contributed by atoms with E-state index in [0.29, 0.717) is 16.8 Å². The Bertz CT molecular complexity index is 1410. The van der Waals surface area contributed by atoms with Gasteiger partial charge in [-0.05, 0) is 54.8 Å². The number of rotatable bonds is 3. The molecule has 2 heterocycles. The lowest BCUT2D eigenvalue weighted by molar-refractivity contribution is 0.630. The second kappa shape index (κ2) is 6.84. The van der Waals surface area contributed by atoms with E-state index in [4.69, 9.17) is 2.74 Å². The number of aryl methyl sites for hydroxylation is 1. The van der Waals surface area contributed by atoms with Crippen molar-refractivity contribution >= 4 is 31.5 Å². The standard InChI is InChI=1S/C25H18FNS/c1-16-4-2-5-17(12-16)13-18-10-11-27-23(14-18)21-7-3-6-20-22-15-19(26)8-9-24(22)28-25(20)21/h2-12,14-15H,13H2,1H3/i13D2. The molecule has 2 aromatic heterocycles. The fourth-order valence-corrected chi connectivity index (χ4v) is 4.72. The number of fused-ring (bicyclic) bond motifs is 3. The molecule has 5 rings (SSSR count). The summed E-state index contributed by atoms with van der Waals surface area (Å²) in [5.41, 5.74) is 3.84. The Balaban J connectivity index is 1.67. The summed E-state index contributed by atoms with van der Waals surface area (Å²) in [6.07, 6.45) is 0.0189. The van der Waals surface area contributed by atoms with Crippen LogP contribution in [0.15, 0.2) is 79.0 Å². The zero-order valence-electron chi connectivity index (χ0n) is 17.2. The molecule has 1 nitrogen and oxygen atoms in total. The van der Waals surface area contributed by atoms with Crippen LogP contribution >= 0.6 is 11.3 Å². The van der Waals surface area contributed by atoms with Crippen molar-refractivity contribution in [3.63, 3.8) is 0 Å². The van der Waals surface area contributed by atoms with Crippen molar-refractivity contribution in [2.75, 3.05) is 0 Å². The van der Waals surface area contributed by atoms with Crippen LogP contribution in [-0.4, -0.2) is 4.98 Å². The van der Waals surface area contributed by atoms with Crippen LogP contribution in [0.2, 0.25) is 0 Å². The summed E-state index contributed by atoms with van der Waals surface area (Å²) in [7, 11) is 0. The number of aromatic nitrogens is 1. The van der Waals surface area contributed by atoms with Crippen LogP contribution in [0, 0.1) is 12.7 Å². The van der Waals surface area contributed by atoms with Crippen molar-refractivity contribution in [2.45, 2.75) is 13.3 Å². The summed E-state index contributed by atoms with van der Waals surface area (Å²) in [5, 5.41) is 1.88. The van der Waals surface area contributed by atoms with Crippen LogP contribution in [0.25, 0.3) is 31.4 Å². The normalized spacial score (nSPS) is 12.9. The molecule has 0 aliphatic heterocycles. The van der Waals surface area contributed by atoms with Crippen molar-refractivity contribution in [3.8, 4) is 11.3 Å². The van der Waals surface area contributed by atoms with E-state index in [0.717, 1.165) is 31.3 Å². The predicted molar refractivity (Wildman–Crippen MR) is 117 cm³/mol. The third-order valence-electron chi connectivity index (χ3n) is 4.80. The summed E-state index contributed by atoms with van der Waals surface area (Å²) in [6, 6.07) is 21.9. The molecule has 0 aliphatic carbocycles. The molecule has 0 N–H and O–H groups in total.